The first-order chi connectivity index (χ1) is 13.8. The van der Waals surface area contributed by atoms with Crippen molar-refractivity contribution in [2.45, 2.75) is 31.6 Å². The summed E-state index contributed by atoms with van der Waals surface area (Å²) >= 11 is 1.95. The van der Waals surface area contributed by atoms with Crippen molar-refractivity contribution in [2.75, 3.05) is 31.1 Å². The van der Waals surface area contributed by atoms with Gasteiger partial charge in [-0.1, -0.05) is 6.08 Å². The minimum atomic E-state index is 0.478. The van der Waals surface area contributed by atoms with Crippen LogP contribution in [0.3, 0.4) is 0 Å². The Morgan fingerprint density at radius 3 is 2.57 bits per heavy atom. The highest BCUT2D eigenvalue weighted by Crippen LogP contribution is 2.35. The molecule has 2 aromatic rings. The number of pyridine rings is 1. The van der Waals surface area contributed by atoms with Gasteiger partial charge in [-0.15, -0.1) is 11.3 Å². The molecule has 1 aliphatic carbocycles. The van der Waals surface area contributed by atoms with Crippen LogP contribution >= 0.6 is 11.3 Å². The summed E-state index contributed by atoms with van der Waals surface area (Å²) in [6, 6.07) is 5.90. The second kappa shape index (κ2) is 7.40. The summed E-state index contributed by atoms with van der Waals surface area (Å²) in [6.07, 6.45) is 12.8. The Bertz CT molecular complexity index is 932. The molecule has 2 aromatic heterocycles. The van der Waals surface area contributed by atoms with Crippen LogP contribution in [-0.4, -0.2) is 41.0 Å². The lowest BCUT2D eigenvalue weighted by atomic mass is 9.97. The second-order valence-corrected chi connectivity index (χ2v) is 8.75. The van der Waals surface area contributed by atoms with Crippen LogP contribution in [0.25, 0.3) is 0 Å². The van der Waals surface area contributed by atoms with E-state index in [2.05, 4.69) is 39.1 Å². The first-order valence-corrected chi connectivity index (χ1v) is 10.8. The maximum Gasteiger partial charge on any atom is 0.140 e. The molecule has 5 nitrogen and oxygen atoms in total. The molecule has 0 bridgehead atoms. The maximum absolute atomic E-state index is 8.90. The number of piperidine rings is 1. The monoisotopic (exact) mass is 389 g/mol. The van der Waals surface area contributed by atoms with E-state index in [0.717, 1.165) is 57.5 Å². The predicted octanol–water partition coefficient (Wildman–Crippen LogP) is 3.65. The van der Waals surface area contributed by atoms with E-state index in [4.69, 9.17) is 10.2 Å². The average Bonchev–Trinajstić information content (AvgIpc) is 3.02. The SMILES string of the molecule is N#Cc1ccc(N2CCC(c3nc4c(s3)CCN(C3=CC=C3)CC4)CC2)cn1. The molecule has 142 valence electrons. The van der Waals surface area contributed by atoms with Crippen molar-refractivity contribution in [3.63, 3.8) is 0 Å². The molecule has 0 amide bonds. The molecular weight excluding hydrogens is 366 g/mol. The Balaban J connectivity index is 1.21. The Labute approximate surface area is 169 Å². The molecule has 3 aliphatic rings. The fourth-order valence-corrected chi connectivity index (χ4v) is 5.50. The van der Waals surface area contributed by atoms with Crippen LogP contribution in [0.15, 0.2) is 42.3 Å². The zero-order valence-electron chi connectivity index (χ0n) is 15.8. The molecule has 0 atom stereocenters. The highest BCUT2D eigenvalue weighted by atomic mass is 32.1. The molecule has 0 spiro atoms. The maximum atomic E-state index is 8.90. The second-order valence-electron chi connectivity index (χ2n) is 7.63. The molecule has 0 radical (unpaired) electrons. The number of nitriles is 1. The largest absolute Gasteiger partial charge is 0.371 e. The lowest BCUT2D eigenvalue weighted by molar-refractivity contribution is 0.369. The summed E-state index contributed by atoms with van der Waals surface area (Å²) in [7, 11) is 0. The van der Waals surface area contributed by atoms with E-state index in [9.17, 15) is 0 Å². The van der Waals surface area contributed by atoms with Gasteiger partial charge in [0.15, 0.2) is 0 Å². The van der Waals surface area contributed by atoms with Crippen LogP contribution < -0.4 is 4.90 Å². The van der Waals surface area contributed by atoms with Crippen LogP contribution in [-0.2, 0) is 12.8 Å². The smallest absolute Gasteiger partial charge is 0.140 e. The van der Waals surface area contributed by atoms with Crippen LogP contribution in [0.4, 0.5) is 5.69 Å². The number of hydrogen-bond donors (Lipinski definition) is 0. The first-order valence-electron chi connectivity index (χ1n) is 10.0. The fourth-order valence-electron chi connectivity index (χ4n) is 4.23. The van der Waals surface area contributed by atoms with E-state index >= 15 is 0 Å². The molecule has 0 aromatic carbocycles. The topological polar surface area (TPSA) is 56.1 Å². The van der Waals surface area contributed by atoms with Gasteiger partial charge in [0.25, 0.3) is 0 Å². The highest BCUT2D eigenvalue weighted by Gasteiger charge is 2.26. The van der Waals surface area contributed by atoms with E-state index in [0.29, 0.717) is 11.6 Å². The van der Waals surface area contributed by atoms with Gasteiger partial charge in [-0.05, 0) is 37.1 Å². The van der Waals surface area contributed by atoms with Gasteiger partial charge in [-0.3, -0.25) is 0 Å². The summed E-state index contributed by atoms with van der Waals surface area (Å²) in [5, 5.41) is 10.2. The van der Waals surface area contributed by atoms with Crippen LogP contribution in [0.2, 0.25) is 0 Å². The van der Waals surface area contributed by atoms with Crippen LogP contribution in [0.1, 0.15) is 40.0 Å². The van der Waals surface area contributed by atoms with Gasteiger partial charge in [-0.2, -0.15) is 5.26 Å². The number of fused-ring (bicyclic) bond motifs is 1. The van der Waals surface area contributed by atoms with E-state index in [1.165, 1.54) is 21.3 Å². The molecule has 0 N–H and O–H groups in total. The first kappa shape index (κ1) is 17.4. The normalized spacial score (nSPS) is 19.5. The van der Waals surface area contributed by atoms with Crippen molar-refractivity contribution in [2.24, 2.45) is 0 Å². The van der Waals surface area contributed by atoms with Gasteiger partial charge in [0.2, 0.25) is 0 Å². The fraction of sp³-hybridized carbons (Fsp3) is 0.409. The molecule has 1 fully saturated rings. The summed E-state index contributed by atoms with van der Waals surface area (Å²) in [5.74, 6) is 0.577. The molecule has 5 rings (SSSR count). The molecular formula is C22H23N5S. The number of rotatable bonds is 3. The van der Waals surface area contributed by atoms with E-state index in [1.807, 2.05) is 23.6 Å². The number of aromatic nitrogens is 2. The van der Waals surface area contributed by atoms with E-state index < -0.39 is 0 Å². The Morgan fingerprint density at radius 2 is 1.89 bits per heavy atom. The third-order valence-electron chi connectivity index (χ3n) is 5.99. The number of thiazole rings is 1. The van der Waals surface area contributed by atoms with Crippen LogP contribution in [0.5, 0.6) is 0 Å². The Morgan fingerprint density at radius 1 is 1.07 bits per heavy atom. The summed E-state index contributed by atoms with van der Waals surface area (Å²) in [4.78, 5) is 15.6. The van der Waals surface area contributed by atoms with Crippen molar-refractivity contribution in [1.29, 1.82) is 5.26 Å². The number of nitrogens with zero attached hydrogens (tertiary/aromatic N) is 5. The quantitative estimate of drug-likeness (QED) is 0.802. The zero-order chi connectivity index (χ0) is 18.9. The third-order valence-corrected chi connectivity index (χ3v) is 7.31. The van der Waals surface area contributed by atoms with E-state index in [1.54, 1.807) is 6.07 Å². The Hall–Kier alpha value is -2.65. The van der Waals surface area contributed by atoms with Gasteiger partial charge >= 0.3 is 0 Å². The van der Waals surface area contributed by atoms with Crippen LogP contribution in [0, 0.1) is 11.3 Å². The minimum Gasteiger partial charge on any atom is -0.371 e. The lowest BCUT2D eigenvalue weighted by Gasteiger charge is -2.32. The molecule has 0 saturated carbocycles. The van der Waals surface area contributed by atoms with E-state index in [-0.39, 0.29) is 0 Å². The minimum absolute atomic E-state index is 0.478. The van der Waals surface area contributed by atoms with Gasteiger partial charge in [-0.25, -0.2) is 9.97 Å². The molecule has 4 heterocycles. The molecule has 28 heavy (non-hydrogen) atoms. The number of allylic oxidation sites excluding steroid dienone is 3. The molecule has 1 saturated heterocycles. The lowest BCUT2D eigenvalue weighted by Crippen LogP contribution is -2.33. The molecule has 0 unspecified atom stereocenters. The Kier molecular flexibility index (Phi) is 4.61. The van der Waals surface area contributed by atoms with Gasteiger partial charge in [0.1, 0.15) is 11.8 Å². The predicted molar refractivity (Wildman–Crippen MR) is 111 cm³/mol. The summed E-state index contributed by atoms with van der Waals surface area (Å²) < 4.78 is 0. The van der Waals surface area contributed by atoms with Crippen molar-refractivity contribution in [1.82, 2.24) is 14.9 Å². The average molecular weight is 390 g/mol. The van der Waals surface area contributed by atoms with Crippen molar-refractivity contribution in [3.8, 4) is 6.07 Å². The van der Waals surface area contributed by atoms with Gasteiger partial charge in [0, 0.05) is 55.5 Å². The van der Waals surface area contributed by atoms with Crippen molar-refractivity contribution < 1.29 is 0 Å². The highest BCUT2D eigenvalue weighted by molar-refractivity contribution is 7.11. The van der Waals surface area contributed by atoms with Gasteiger partial charge < -0.3 is 9.80 Å². The third kappa shape index (κ3) is 3.31. The van der Waals surface area contributed by atoms with Crippen molar-refractivity contribution >= 4 is 17.0 Å². The molecule has 2 aliphatic heterocycles. The summed E-state index contributed by atoms with van der Waals surface area (Å²) in [5.41, 5.74) is 4.31. The van der Waals surface area contributed by atoms with Gasteiger partial charge in [0.05, 0.1) is 22.6 Å². The zero-order valence-corrected chi connectivity index (χ0v) is 16.7. The number of anilines is 1. The molecule has 6 heteroatoms. The standard InChI is InChI=1S/C22H23N5S/c23-14-17-4-5-19(15-24-17)27-10-6-16(7-11-27)22-25-20-8-12-26(18-2-1-3-18)13-9-21(20)28-22/h1-5,15-16H,6-13H2. The number of hydrogen-bond acceptors (Lipinski definition) is 6. The van der Waals surface area contributed by atoms with Crippen molar-refractivity contribution in [3.05, 3.63) is 63.5 Å². The summed E-state index contributed by atoms with van der Waals surface area (Å²) in [6.45, 7) is 4.24.